The second-order valence-corrected chi connectivity index (χ2v) is 6.70. The summed E-state index contributed by atoms with van der Waals surface area (Å²) in [5.74, 6) is 4.46. The lowest BCUT2D eigenvalue weighted by Crippen LogP contribution is -2.34. The maximum atomic E-state index is 12.8. The van der Waals surface area contributed by atoms with Crippen molar-refractivity contribution in [3.63, 3.8) is 0 Å². The van der Waals surface area contributed by atoms with Gasteiger partial charge in [0.15, 0.2) is 0 Å². The van der Waals surface area contributed by atoms with Gasteiger partial charge < -0.3 is 11.2 Å². The highest BCUT2D eigenvalue weighted by Gasteiger charge is 2.37. The second-order valence-electron chi connectivity index (χ2n) is 6.70. The zero-order valence-corrected chi connectivity index (χ0v) is 16.5. The van der Waals surface area contributed by atoms with Gasteiger partial charge in [-0.15, -0.1) is 0 Å². The number of carbonyl (C=O) groups excluding carboxylic acids is 1. The van der Waals surface area contributed by atoms with Crippen LogP contribution >= 0.6 is 0 Å². The molecule has 0 saturated carbocycles. The number of nitro groups is 2. The summed E-state index contributed by atoms with van der Waals surface area (Å²) in [6, 6.07) is 7.27. The van der Waals surface area contributed by atoms with Gasteiger partial charge in [0, 0.05) is 22.7 Å². The number of carbonyl (C=O) groups is 1. The van der Waals surface area contributed by atoms with Crippen LogP contribution in [0.3, 0.4) is 0 Å². The number of aryl methyl sites for hydroxylation is 2. The summed E-state index contributed by atoms with van der Waals surface area (Å²) in [4.78, 5) is 42.3. The Hall–Kier alpha value is -4.48. The van der Waals surface area contributed by atoms with Crippen LogP contribution < -0.4 is 11.2 Å². The van der Waals surface area contributed by atoms with Gasteiger partial charge in [0.2, 0.25) is 5.71 Å². The predicted molar refractivity (Wildman–Crippen MR) is 112 cm³/mol. The molecule has 3 rings (SSSR count). The van der Waals surface area contributed by atoms with Gasteiger partial charge in [0.25, 0.3) is 11.6 Å². The lowest BCUT2D eigenvalue weighted by Gasteiger charge is -2.13. The third kappa shape index (κ3) is 4.42. The van der Waals surface area contributed by atoms with Gasteiger partial charge in [-0.05, 0) is 37.1 Å². The topological polar surface area (TPSA) is 180 Å². The highest BCUT2D eigenvalue weighted by molar-refractivity contribution is 6.44. The first-order valence-corrected chi connectivity index (χ1v) is 8.92. The summed E-state index contributed by atoms with van der Waals surface area (Å²) >= 11 is 0. The number of anilines is 1. The number of hydrogen-bond acceptors (Lipinski definition) is 9. The van der Waals surface area contributed by atoms with Gasteiger partial charge in [0.1, 0.15) is 5.69 Å². The molecular weight excluding hydrogens is 406 g/mol. The van der Waals surface area contributed by atoms with Crippen molar-refractivity contribution >= 4 is 34.0 Å². The molecule has 0 unspecified atom stereocenters. The normalized spacial score (nSPS) is 12.4. The van der Waals surface area contributed by atoms with E-state index in [1.165, 1.54) is 12.1 Å². The van der Waals surface area contributed by atoms with Gasteiger partial charge in [-0.2, -0.15) is 5.10 Å². The quantitative estimate of drug-likeness (QED) is 0.262. The first kappa shape index (κ1) is 21.2. The van der Waals surface area contributed by atoms with Gasteiger partial charge in [-0.3, -0.25) is 30.0 Å². The summed E-state index contributed by atoms with van der Waals surface area (Å²) in [6.07, 6.45) is 1.11. The molecule has 158 valence electrons. The molecule has 12 heteroatoms. The van der Waals surface area contributed by atoms with Crippen molar-refractivity contribution in [2.75, 3.05) is 5.32 Å². The highest BCUT2D eigenvalue weighted by Crippen LogP contribution is 2.23. The van der Waals surface area contributed by atoms with E-state index in [-0.39, 0.29) is 16.9 Å². The molecule has 1 atom stereocenters. The number of hydrogen-bond donors (Lipinski definition) is 2. The predicted octanol–water partition coefficient (Wildman–Crippen LogP) is 2.43. The molecule has 31 heavy (non-hydrogen) atoms. The molecule has 0 spiro atoms. The Labute approximate surface area is 175 Å². The van der Waals surface area contributed by atoms with Crippen LogP contribution in [0.1, 0.15) is 22.9 Å². The standard InChI is InChI=1S/C19H17N7O5/c1-10-3-4-11(2)14(7-10)23-19(27)17(24-20)18(26(30)31)16-9-21-13-6-5-12(25(28)29)8-15(13)22-16/h3-9,18H,20H2,1-2H3,(H,23,27)/b24-17-/t18-/m0/s1. The van der Waals surface area contributed by atoms with E-state index in [2.05, 4.69) is 20.4 Å². The number of aromatic nitrogens is 2. The fraction of sp³-hybridized carbons (Fsp3) is 0.158. The number of fused-ring (bicyclic) bond motifs is 1. The monoisotopic (exact) mass is 423 g/mol. The van der Waals surface area contributed by atoms with Crippen molar-refractivity contribution in [3.8, 4) is 0 Å². The molecule has 2 aromatic carbocycles. The van der Waals surface area contributed by atoms with E-state index < -0.39 is 27.5 Å². The summed E-state index contributed by atoms with van der Waals surface area (Å²) in [6.45, 7) is 3.59. The molecule has 0 aliphatic heterocycles. The molecule has 0 saturated heterocycles. The van der Waals surface area contributed by atoms with E-state index >= 15 is 0 Å². The molecule has 1 heterocycles. The fourth-order valence-electron chi connectivity index (χ4n) is 2.92. The number of amides is 1. The zero-order valence-electron chi connectivity index (χ0n) is 16.5. The molecule has 0 bridgehead atoms. The molecule has 3 aromatic rings. The maximum absolute atomic E-state index is 12.8. The molecule has 0 aliphatic carbocycles. The van der Waals surface area contributed by atoms with Crippen LogP contribution in [0, 0.1) is 34.1 Å². The summed E-state index contributed by atoms with van der Waals surface area (Å²) in [7, 11) is 0. The van der Waals surface area contributed by atoms with Crippen LogP contribution in [0.25, 0.3) is 11.0 Å². The molecule has 12 nitrogen and oxygen atoms in total. The molecular formula is C19H17N7O5. The van der Waals surface area contributed by atoms with E-state index in [9.17, 15) is 25.0 Å². The fourth-order valence-corrected chi connectivity index (χ4v) is 2.92. The summed E-state index contributed by atoms with van der Waals surface area (Å²) < 4.78 is 0. The molecule has 0 aliphatic rings. The minimum atomic E-state index is -1.83. The van der Waals surface area contributed by atoms with Gasteiger partial charge >= 0.3 is 6.04 Å². The SMILES string of the molecule is Cc1ccc(C)c(NC(=O)/C(=N\N)[C@H](c2cnc3ccc([N+](=O)[O-])cc3n2)[N+](=O)[O-])c1. The number of nitro benzene ring substituents is 1. The van der Waals surface area contributed by atoms with E-state index in [1.54, 1.807) is 19.1 Å². The van der Waals surface area contributed by atoms with E-state index in [0.29, 0.717) is 11.2 Å². The van der Waals surface area contributed by atoms with Crippen LogP contribution in [0.15, 0.2) is 47.7 Å². The molecule has 0 radical (unpaired) electrons. The number of non-ortho nitro benzene ring substituents is 1. The van der Waals surface area contributed by atoms with Crippen molar-refractivity contribution < 1.29 is 14.6 Å². The summed E-state index contributed by atoms with van der Waals surface area (Å²) in [5, 5.41) is 28.7. The second kappa shape index (κ2) is 8.49. The minimum absolute atomic E-state index is 0.0601. The van der Waals surface area contributed by atoms with E-state index in [0.717, 1.165) is 23.4 Å². The van der Waals surface area contributed by atoms with Crippen LogP contribution in [0.4, 0.5) is 11.4 Å². The van der Waals surface area contributed by atoms with Crippen LogP contribution in [-0.4, -0.2) is 31.4 Å². The Kier molecular flexibility index (Phi) is 5.81. The van der Waals surface area contributed by atoms with Crippen LogP contribution in [-0.2, 0) is 4.79 Å². The Morgan fingerprint density at radius 1 is 1.13 bits per heavy atom. The van der Waals surface area contributed by atoms with Crippen molar-refractivity contribution in [2.45, 2.75) is 19.9 Å². The molecule has 1 aromatic heterocycles. The number of rotatable bonds is 6. The number of nitrogens with two attached hydrogens (primary N) is 1. The van der Waals surface area contributed by atoms with Gasteiger partial charge in [0.05, 0.1) is 22.2 Å². The van der Waals surface area contributed by atoms with E-state index in [1.807, 2.05) is 13.0 Å². The van der Waals surface area contributed by atoms with Crippen molar-refractivity contribution in [3.05, 3.63) is 79.6 Å². The van der Waals surface area contributed by atoms with Gasteiger partial charge in [-0.25, -0.2) is 4.98 Å². The number of benzene rings is 2. The lowest BCUT2D eigenvalue weighted by molar-refractivity contribution is -0.509. The molecule has 0 fully saturated rings. The largest absolute Gasteiger partial charge is 0.323 e. The van der Waals surface area contributed by atoms with E-state index in [4.69, 9.17) is 5.84 Å². The summed E-state index contributed by atoms with van der Waals surface area (Å²) in [5.41, 5.74) is 1.34. The lowest BCUT2D eigenvalue weighted by atomic mass is 10.1. The number of nitrogens with one attached hydrogen (secondary N) is 1. The number of nitrogens with zero attached hydrogens (tertiary/aromatic N) is 5. The van der Waals surface area contributed by atoms with Gasteiger partial charge in [-0.1, -0.05) is 12.1 Å². The molecule has 1 amide bonds. The highest BCUT2D eigenvalue weighted by atomic mass is 16.6. The zero-order chi connectivity index (χ0) is 22.7. The molecule has 3 N–H and O–H groups in total. The average molecular weight is 423 g/mol. The number of hydrazone groups is 1. The third-order valence-corrected chi connectivity index (χ3v) is 4.52. The first-order chi connectivity index (χ1) is 14.7. The third-order valence-electron chi connectivity index (χ3n) is 4.52. The Balaban J connectivity index is 2.01. The Bertz CT molecular complexity index is 1240. The average Bonchev–Trinajstić information content (AvgIpc) is 2.73. The minimum Gasteiger partial charge on any atom is -0.323 e. The smallest absolute Gasteiger partial charge is 0.304 e. The Morgan fingerprint density at radius 2 is 1.87 bits per heavy atom. The van der Waals surface area contributed by atoms with Crippen LogP contribution in [0.2, 0.25) is 0 Å². The van der Waals surface area contributed by atoms with Crippen LogP contribution in [0.5, 0.6) is 0 Å². The van der Waals surface area contributed by atoms with Crippen molar-refractivity contribution in [2.24, 2.45) is 10.9 Å². The first-order valence-electron chi connectivity index (χ1n) is 8.92. The van der Waals surface area contributed by atoms with Crippen molar-refractivity contribution in [1.29, 1.82) is 0 Å². The Morgan fingerprint density at radius 3 is 2.52 bits per heavy atom. The maximum Gasteiger partial charge on any atom is 0.304 e. The van der Waals surface area contributed by atoms with Crippen molar-refractivity contribution in [1.82, 2.24) is 9.97 Å².